The van der Waals surface area contributed by atoms with E-state index in [1.165, 1.54) is 4.90 Å². The second-order valence-corrected chi connectivity index (χ2v) is 10.6. The standard InChI is InChI=1S/C28H35N7O4S/c29-26(36)24(12-7-17-33-28(30)31)35(19-21-15-13-20(14-16-21)18-34-40(32,38)39)27(37)25(22-8-3-1-4-9-22)23-10-5-2-6-11-23/h1-6,8-11,13-16,24-25,34H,7,12,17-19H2,(H2,29,36)(H4,30,31,33)(H2,32,38,39)/t24-/m1/s1. The molecule has 0 bridgehead atoms. The first kappa shape index (κ1) is 30.3. The number of amides is 2. The zero-order valence-electron chi connectivity index (χ0n) is 22.0. The van der Waals surface area contributed by atoms with Gasteiger partial charge in [0.25, 0.3) is 10.2 Å². The van der Waals surface area contributed by atoms with Crippen molar-refractivity contribution in [1.82, 2.24) is 9.62 Å². The Morgan fingerprint density at radius 2 is 1.35 bits per heavy atom. The number of nitrogens with one attached hydrogen (secondary N) is 1. The van der Waals surface area contributed by atoms with Gasteiger partial charge in [-0.2, -0.15) is 13.1 Å². The van der Waals surface area contributed by atoms with E-state index in [0.717, 1.165) is 16.7 Å². The number of nitrogens with zero attached hydrogens (tertiary/aromatic N) is 2. The van der Waals surface area contributed by atoms with Gasteiger partial charge in [-0.05, 0) is 35.1 Å². The number of carbonyl (C=O) groups excluding carboxylic acids is 2. The van der Waals surface area contributed by atoms with Crippen molar-refractivity contribution in [3.05, 3.63) is 107 Å². The Bertz CT molecular complexity index is 1360. The van der Waals surface area contributed by atoms with Gasteiger partial charge in [-0.1, -0.05) is 84.9 Å². The summed E-state index contributed by atoms with van der Waals surface area (Å²) in [7, 11) is -3.84. The summed E-state index contributed by atoms with van der Waals surface area (Å²) in [4.78, 5) is 32.6. The number of hydrogen-bond donors (Lipinski definition) is 5. The van der Waals surface area contributed by atoms with Crippen LogP contribution in [0.3, 0.4) is 0 Å². The minimum Gasteiger partial charge on any atom is -0.370 e. The van der Waals surface area contributed by atoms with E-state index in [9.17, 15) is 18.0 Å². The van der Waals surface area contributed by atoms with Crippen molar-refractivity contribution < 1.29 is 18.0 Å². The number of carbonyl (C=O) groups is 2. The number of nitrogens with two attached hydrogens (primary N) is 4. The molecule has 2 amide bonds. The zero-order valence-corrected chi connectivity index (χ0v) is 22.8. The first-order chi connectivity index (χ1) is 19.0. The van der Waals surface area contributed by atoms with Crippen LogP contribution >= 0.6 is 0 Å². The van der Waals surface area contributed by atoms with E-state index in [0.29, 0.717) is 12.0 Å². The van der Waals surface area contributed by atoms with Crippen molar-refractivity contribution in [1.29, 1.82) is 0 Å². The van der Waals surface area contributed by atoms with Crippen LogP contribution in [0.4, 0.5) is 0 Å². The summed E-state index contributed by atoms with van der Waals surface area (Å²) in [5.41, 5.74) is 19.7. The second-order valence-electron chi connectivity index (χ2n) is 9.27. The van der Waals surface area contributed by atoms with Crippen LogP contribution in [0, 0.1) is 0 Å². The molecule has 212 valence electrons. The molecule has 3 rings (SSSR count). The topological polar surface area (TPSA) is 200 Å². The van der Waals surface area contributed by atoms with Gasteiger partial charge < -0.3 is 22.1 Å². The Balaban J connectivity index is 1.98. The zero-order chi connectivity index (χ0) is 29.1. The van der Waals surface area contributed by atoms with Crippen LogP contribution in [0.25, 0.3) is 0 Å². The maximum atomic E-state index is 14.4. The Hall–Kier alpha value is -4.26. The van der Waals surface area contributed by atoms with E-state index in [1.807, 2.05) is 60.7 Å². The largest absolute Gasteiger partial charge is 0.370 e. The molecule has 0 aliphatic carbocycles. The quantitative estimate of drug-likeness (QED) is 0.110. The summed E-state index contributed by atoms with van der Waals surface area (Å²) in [6.45, 7) is 0.384. The lowest BCUT2D eigenvalue weighted by Gasteiger charge is -2.33. The van der Waals surface area contributed by atoms with E-state index in [1.54, 1.807) is 24.3 Å². The van der Waals surface area contributed by atoms with Crippen LogP contribution in [-0.4, -0.2) is 43.7 Å². The molecule has 0 unspecified atom stereocenters. The molecule has 0 aliphatic rings. The third-order valence-electron chi connectivity index (χ3n) is 6.28. The third kappa shape index (κ3) is 9.19. The van der Waals surface area contributed by atoms with Gasteiger partial charge in [-0.25, -0.2) is 5.14 Å². The molecule has 0 aromatic heterocycles. The molecule has 40 heavy (non-hydrogen) atoms. The minimum absolute atomic E-state index is 0.0144. The summed E-state index contributed by atoms with van der Waals surface area (Å²) < 4.78 is 24.7. The molecular formula is C28H35N7O4S. The van der Waals surface area contributed by atoms with Crippen LogP contribution in [0.5, 0.6) is 0 Å². The number of rotatable bonds is 14. The molecule has 0 aliphatic heterocycles. The van der Waals surface area contributed by atoms with Crippen molar-refractivity contribution in [2.75, 3.05) is 6.54 Å². The Morgan fingerprint density at radius 1 is 0.825 bits per heavy atom. The van der Waals surface area contributed by atoms with E-state index in [-0.39, 0.29) is 37.9 Å². The van der Waals surface area contributed by atoms with Gasteiger partial charge in [0, 0.05) is 19.6 Å². The molecule has 0 fully saturated rings. The van der Waals surface area contributed by atoms with Gasteiger partial charge in [-0.3, -0.25) is 14.6 Å². The van der Waals surface area contributed by atoms with Crippen molar-refractivity contribution in [2.45, 2.75) is 37.9 Å². The number of benzene rings is 3. The van der Waals surface area contributed by atoms with Gasteiger partial charge in [0.05, 0.1) is 5.92 Å². The molecular weight excluding hydrogens is 530 g/mol. The van der Waals surface area contributed by atoms with Crippen LogP contribution < -0.4 is 27.1 Å². The van der Waals surface area contributed by atoms with Crippen LogP contribution in [0.2, 0.25) is 0 Å². The highest BCUT2D eigenvalue weighted by atomic mass is 32.2. The Kier molecular flexibility index (Phi) is 10.8. The summed E-state index contributed by atoms with van der Waals surface area (Å²) in [6.07, 6.45) is 0.680. The maximum absolute atomic E-state index is 14.4. The minimum atomic E-state index is -3.84. The van der Waals surface area contributed by atoms with Gasteiger partial charge in [0.15, 0.2) is 5.96 Å². The van der Waals surface area contributed by atoms with E-state index < -0.39 is 28.1 Å². The van der Waals surface area contributed by atoms with Crippen LogP contribution in [-0.2, 0) is 32.9 Å². The lowest BCUT2D eigenvalue weighted by Crippen LogP contribution is -2.49. The Morgan fingerprint density at radius 3 is 1.82 bits per heavy atom. The van der Waals surface area contributed by atoms with Crippen molar-refractivity contribution in [2.24, 2.45) is 27.3 Å². The number of hydrogen-bond acceptors (Lipinski definition) is 5. The average molecular weight is 566 g/mol. The molecule has 0 saturated heterocycles. The van der Waals surface area contributed by atoms with Gasteiger partial charge in [0.2, 0.25) is 11.8 Å². The molecule has 0 saturated carbocycles. The SMILES string of the molecule is NC(=O)[C@@H](CCCN=C(N)N)N(Cc1ccc(CNS(N)(=O)=O)cc1)C(=O)C(c1ccccc1)c1ccccc1. The fraction of sp³-hybridized carbons (Fsp3) is 0.250. The summed E-state index contributed by atoms with van der Waals surface area (Å²) in [5, 5.41) is 5.02. The highest BCUT2D eigenvalue weighted by Crippen LogP contribution is 2.29. The van der Waals surface area contributed by atoms with Crippen molar-refractivity contribution in [3.8, 4) is 0 Å². The molecule has 3 aromatic carbocycles. The molecule has 0 heterocycles. The Labute approximate surface area is 234 Å². The second kappa shape index (κ2) is 14.2. The maximum Gasteiger partial charge on any atom is 0.274 e. The van der Waals surface area contributed by atoms with Gasteiger partial charge >= 0.3 is 0 Å². The predicted octanol–water partition coefficient (Wildman–Crippen LogP) is 1.05. The average Bonchev–Trinajstić information content (AvgIpc) is 2.92. The van der Waals surface area contributed by atoms with Gasteiger partial charge in [-0.15, -0.1) is 0 Å². The monoisotopic (exact) mass is 565 g/mol. The summed E-state index contributed by atoms with van der Waals surface area (Å²) in [5.74, 6) is -1.68. The molecule has 12 heteroatoms. The van der Waals surface area contributed by atoms with Gasteiger partial charge in [0.1, 0.15) is 6.04 Å². The molecule has 0 radical (unpaired) electrons. The van der Waals surface area contributed by atoms with Crippen molar-refractivity contribution in [3.63, 3.8) is 0 Å². The molecule has 1 atom stereocenters. The van der Waals surface area contributed by atoms with Crippen LogP contribution in [0.1, 0.15) is 41.0 Å². The molecule has 3 aromatic rings. The van der Waals surface area contributed by atoms with E-state index >= 15 is 0 Å². The number of primary amides is 1. The van der Waals surface area contributed by atoms with E-state index in [2.05, 4.69) is 9.71 Å². The predicted molar refractivity (Wildman–Crippen MR) is 155 cm³/mol. The fourth-order valence-electron chi connectivity index (χ4n) is 4.36. The first-order valence-corrected chi connectivity index (χ1v) is 14.2. The molecule has 0 spiro atoms. The lowest BCUT2D eigenvalue weighted by molar-refractivity contribution is -0.141. The lowest BCUT2D eigenvalue weighted by atomic mass is 9.89. The van der Waals surface area contributed by atoms with Crippen LogP contribution in [0.15, 0.2) is 89.9 Å². The third-order valence-corrected chi connectivity index (χ3v) is 6.83. The fourth-order valence-corrected chi connectivity index (χ4v) is 4.73. The molecule has 9 N–H and O–H groups in total. The number of aliphatic imine (C=N–C) groups is 1. The first-order valence-electron chi connectivity index (χ1n) is 12.7. The number of guanidine groups is 1. The summed E-state index contributed by atoms with van der Waals surface area (Å²) in [6, 6.07) is 24.7. The summed E-state index contributed by atoms with van der Waals surface area (Å²) >= 11 is 0. The normalized spacial score (nSPS) is 12.1. The van der Waals surface area contributed by atoms with E-state index in [4.69, 9.17) is 22.3 Å². The smallest absolute Gasteiger partial charge is 0.274 e. The highest BCUT2D eigenvalue weighted by Gasteiger charge is 2.34. The van der Waals surface area contributed by atoms with Crippen molar-refractivity contribution >= 4 is 28.0 Å². The highest BCUT2D eigenvalue weighted by molar-refractivity contribution is 7.87. The molecule has 11 nitrogen and oxygen atoms in total.